The number of thioether (sulfide) groups is 1. The van der Waals surface area contributed by atoms with Crippen molar-refractivity contribution in [3.8, 4) is 0 Å². The maximum Gasteiger partial charge on any atom is 0.252 e. The highest BCUT2D eigenvalue weighted by atomic mass is 32.2. The summed E-state index contributed by atoms with van der Waals surface area (Å²) in [5, 5.41) is 11.8. The zero-order valence-corrected chi connectivity index (χ0v) is 10.8. The molecule has 18 heavy (non-hydrogen) atoms. The lowest BCUT2D eigenvalue weighted by Gasteiger charge is -2.09. The predicted octanol–water partition coefficient (Wildman–Crippen LogP) is 2.68. The molecule has 1 aromatic heterocycles. The Bertz CT molecular complexity index is 543. The first kappa shape index (κ1) is 12.6. The second kappa shape index (κ2) is 5.69. The van der Waals surface area contributed by atoms with Gasteiger partial charge in [0.05, 0.1) is 5.25 Å². The van der Waals surface area contributed by atoms with Crippen molar-refractivity contribution in [1.82, 2.24) is 0 Å². The van der Waals surface area contributed by atoms with Crippen molar-refractivity contribution in [2.24, 2.45) is 0 Å². The fraction of sp³-hybridized carbons (Fsp3) is 0.143. The Kier molecular flexibility index (Phi) is 3.99. The monoisotopic (exact) mass is 259 g/mol. The number of carbonyl (C=O) groups excluding carboxylic acids is 1. The number of rotatable bonds is 4. The molecule has 4 heteroatoms. The lowest BCUT2D eigenvalue weighted by Crippen LogP contribution is -2.29. The normalized spacial score (nSPS) is 12.1. The highest BCUT2D eigenvalue weighted by Gasteiger charge is 2.19. The van der Waals surface area contributed by atoms with Crippen molar-refractivity contribution in [3.63, 3.8) is 0 Å². The summed E-state index contributed by atoms with van der Waals surface area (Å²) in [5.41, 5.74) is 0.672. The third-order valence-corrected chi connectivity index (χ3v) is 3.64. The number of nitrogens with zero attached hydrogens (tertiary/aromatic N) is 1. The maximum absolute atomic E-state index is 12.1. The van der Waals surface area contributed by atoms with Crippen LogP contribution in [0.3, 0.4) is 0 Å². The molecule has 0 aliphatic rings. The van der Waals surface area contributed by atoms with Crippen molar-refractivity contribution >= 4 is 17.5 Å². The molecule has 0 saturated carbocycles. The molecule has 0 saturated heterocycles. The molecule has 0 bridgehead atoms. The van der Waals surface area contributed by atoms with E-state index in [1.807, 2.05) is 25.1 Å². The fourth-order valence-electron chi connectivity index (χ4n) is 1.58. The first-order valence-corrected chi connectivity index (χ1v) is 6.50. The van der Waals surface area contributed by atoms with E-state index in [0.29, 0.717) is 10.6 Å². The minimum absolute atomic E-state index is 0.0319. The Morgan fingerprint density at radius 1 is 1.17 bits per heavy atom. The summed E-state index contributed by atoms with van der Waals surface area (Å²) in [6.45, 7) is 1.81. The van der Waals surface area contributed by atoms with E-state index < -0.39 is 0 Å². The van der Waals surface area contributed by atoms with Gasteiger partial charge in [0.25, 0.3) is 5.03 Å². The van der Waals surface area contributed by atoms with Crippen LogP contribution in [0, 0.1) is 5.21 Å². The zero-order valence-electron chi connectivity index (χ0n) is 9.95. The van der Waals surface area contributed by atoms with Gasteiger partial charge in [-0.3, -0.25) is 4.79 Å². The van der Waals surface area contributed by atoms with E-state index in [0.717, 1.165) is 4.73 Å². The second-order valence-electron chi connectivity index (χ2n) is 3.86. The zero-order chi connectivity index (χ0) is 13.0. The van der Waals surface area contributed by atoms with Gasteiger partial charge < -0.3 is 5.21 Å². The largest absolute Gasteiger partial charge is 0.618 e. The second-order valence-corrected chi connectivity index (χ2v) is 5.22. The number of hydrogen-bond acceptors (Lipinski definition) is 3. The van der Waals surface area contributed by atoms with E-state index in [4.69, 9.17) is 0 Å². The van der Waals surface area contributed by atoms with Crippen LogP contribution < -0.4 is 4.73 Å². The minimum Gasteiger partial charge on any atom is -0.618 e. The quantitative estimate of drug-likeness (QED) is 0.367. The number of benzene rings is 1. The molecular formula is C14H13NO2S. The van der Waals surface area contributed by atoms with E-state index in [2.05, 4.69) is 0 Å². The van der Waals surface area contributed by atoms with Crippen LogP contribution in [0.4, 0.5) is 0 Å². The average molecular weight is 259 g/mol. The van der Waals surface area contributed by atoms with Gasteiger partial charge in [0.2, 0.25) is 0 Å². The lowest BCUT2D eigenvalue weighted by molar-refractivity contribution is -0.645. The van der Waals surface area contributed by atoms with Gasteiger partial charge in [0.1, 0.15) is 0 Å². The smallest absolute Gasteiger partial charge is 0.252 e. The number of aromatic nitrogens is 1. The highest BCUT2D eigenvalue weighted by molar-refractivity contribution is 8.00. The van der Waals surface area contributed by atoms with Crippen molar-refractivity contribution in [2.75, 3.05) is 0 Å². The summed E-state index contributed by atoms with van der Waals surface area (Å²) in [7, 11) is 0. The van der Waals surface area contributed by atoms with Crippen LogP contribution in [0.1, 0.15) is 17.3 Å². The number of pyridine rings is 1. The van der Waals surface area contributed by atoms with Gasteiger partial charge >= 0.3 is 0 Å². The number of ketones is 1. The van der Waals surface area contributed by atoms with Gasteiger partial charge in [-0.2, -0.15) is 4.73 Å². The summed E-state index contributed by atoms with van der Waals surface area (Å²) in [5.74, 6) is 0.0319. The molecule has 92 valence electrons. The van der Waals surface area contributed by atoms with E-state index in [1.165, 1.54) is 18.0 Å². The molecule has 0 aliphatic heterocycles. The molecule has 1 aromatic carbocycles. The van der Waals surface area contributed by atoms with Gasteiger partial charge in [0, 0.05) is 17.7 Å². The standard InChI is InChI=1S/C14H13NO2S/c1-11(14(16)12-7-3-2-4-8-12)18-13-9-5-6-10-15(13)17/h2-11H,1H3. The van der Waals surface area contributed by atoms with Crippen LogP contribution >= 0.6 is 11.8 Å². The van der Waals surface area contributed by atoms with E-state index in [9.17, 15) is 10.0 Å². The van der Waals surface area contributed by atoms with Gasteiger partial charge in [-0.1, -0.05) is 30.3 Å². The Labute approximate surface area is 110 Å². The topological polar surface area (TPSA) is 44.0 Å². The number of Topliss-reactive ketones (excluding diaryl/α,β-unsaturated/α-hetero) is 1. The summed E-state index contributed by atoms with van der Waals surface area (Å²) < 4.78 is 0.777. The van der Waals surface area contributed by atoms with E-state index in [1.54, 1.807) is 30.3 Å². The van der Waals surface area contributed by atoms with Crippen LogP contribution in [0.5, 0.6) is 0 Å². The van der Waals surface area contributed by atoms with Crippen LogP contribution in [0.2, 0.25) is 0 Å². The molecule has 2 aromatic rings. The summed E-state index contributed by atoms with van der Waals surface area (Å²) >= 11 is 1.27. The molecule has 0 aliphatic carbocycles. The predicted molar refractivity (Wildman–Crippen MR) is 71.5 cm³/mol. The van der Waals surface area contributed by atoms with Gasteiger partial charge in [-0.05, 0) is 24.8 Å². The Hall–Kier alpha value is -1.81. The lowest BCUT2D eigenvalue weighted by atomic mass is 10.1. The molecule has 1 heterocycles. The van der Waals surface area contributed by atoms with Crippen molar-refractivity contribution in [3.05, 3.63) is 65.5 Å². The Morgan fingerprint density at radius 2 is 1.83 bits per heavy atom. The van der Waals surface area contributed by atoms with Crippen LogP contribution in [0.25, 0.3) is 0 Å². The van der Waals surface area contributed by atoms with Gasteiger partial charge in [0.15, 0.2) is 12.0 Å². The van der Waals surface area contributed by atoms with Crippen molar-refractivity contribution in [1.29, 1.82) is 0 Å². The third-order valence-electron chi connectivity index (χ3n) is 2.51. The molecule has 1 atom stereocenters. The fourth-order valence-corrected chi connectivity index (χ4v) is 2.50. The highest BCUT2D eigenvalue weighted by Crippen LogP contribution is 2.22. The van der Waals surface area contributed by atoms with Crippen molar-refractivity contribution in [2.45, 2.75) is 17.2 Å². The van der Waals surface area contributed by atoms with Crippen LogP contribution in [-0.4, -0.2) is 11.0 Å². The third kappa shape index (κ3) is 2.90. The van der Waals surface area contributed by atoms with E-state index >= 15 is 0 Å². The molecule has 0 radical (unpaired) electrons. The first-order valence-electron chi connectivity index (χ1n) is 5.62. The molecule has 1 unspecified atom stereocenters. The summed E-state index contributed by atoms with van der Waals surface area (Å²) in [6, 6.07) is 14.3. The Balaban J connectivity index is 2.11. The SMILES string of the molecule is CC(Sc1cccc[n+]1[O-])C(=O)c1ccccc1. The summed E-state index contributed by atoms with van der Waals surface area (Å²) in [6.07, 6.45) is 1.43. The van der Waals surface area contributed by atoms with E-state index in [-0.39, 0.29) is 11.0 Å². The molecular weight excluding hydrogens is 246 g/mol. The van der Waals surface area contributed by atoms with Crippen LogP contribution in [0.15, 0.2) is 59.8 Å². The molecule has 0 spiro atoms. The molecule has 3 nitrogen and oxygen atoms in total. The Morgan fingerprint density at radius 3 is 2.50 bits per heavy atom. The maximum atomic E-state index is 12.1. The molecule has 0 fully saturated rings. The summed E-state index contributed by atoms with van der Waals surface area (Å²) in [4.78, 5) is 12.1. The number of hydrogen-bond donors (Lipinski definition) is 0. The van der Waals surface area contributed by atoms with Gasteiger partial charge in [-0.25, -0.2) is 0 Å². The minimum atomic E-state index is -0.282. The molecule has 0 N–H and O–H groups in total. The molecule has 2 rings (SSSR count). The first-order chi connectivity index (χ1) is 8.68. The molecule has 0 amide bonds. The number of carbonyl (C=O) groups is 1. The average Bonchev–Trinajstić information content (AvgIpc) is 2.41. The van der Waals surface area contributed by atoms with Gasteiger partial charge in [-0.15, -0.1) is 0 Å². The van der Waals surface area contributed by atoms with Crippen LogP contribution in [-0.2, 0) is 0 Å². The van der Waals surface area contributed by atoms with Crippen molar-refractivity contribution < 1.29 is 9.52 Å².